The standard InChI is InChI=1S/C14H20BrFN2O3/c1-20-9-7-17-5-6-18-14(19)4-8-21-13-3-2-11(15)10-12(13)16/h2-3,10,17H,4-9H2,1H3,(H,18,19). The van der Waals surface area contributed by atoms with Gasteiger partial charge in [0.1, 0.15) is 0 Å². The van der Waals surface area contributed by atoms with Crippen molar-refractivity contribution in [3.05, 3.63) is 28.5 Å². The van der Waals surface area contributed by atoms with Gasteiger partial charge in [-0.2, -0.15) is 0 Å². The summed E-state index contributed by atoms with van der Waals surface area (Å²) < 4.78 is 24.2. The summed E-state index contributed by atoms with van der Waals surface area (Å²) in [7, 11) is 1.64. The first-order valence-electron chi connectivity index (χ1n) is 6.67. The van der Waals surface area contributed by atoms with Gasteiger partial charge in [0.15, 0.2) is 11.6 Å². The third-order valence-electron chi connectivity index (χ3n) is 2.59. The highest BCUT2D eigenvalue weighted by Crippen LogP contribution is 2.21. The number of benzene rings is 1. The fourth-order valence-electron chi connectivity index (χ4n) is 1.52. The lowest BCUT2D eigenvalue weighted by Gasteiger charge is -2.08. The minimum absolute atomic E-state index is 0.124. The Hall–Kier alpha value is -1.18. The predicted octanol–water partition coefficient (Wildman–Crippen LogP) is 1.71. The fraction of sp³-hybridized carbons (Fsp3) is 0.500. The summed E-state index contributed by atoms with van der Waals surface area (Å²) in [6.45, 7) is 2.74. The maximum Gasteiger partial charge on any atom is 0.223 e. The molecule has 5 nitrogen and oxygen atoms in total. The molecule has 7 heteroatoms. The van der Waals surface area contributed by atoms with Crippen molar-refractivity contribution >= 4 is 21.8 Å². The number of hydrogen-bond donors (Lipinski definition) is 2. The molecule has 0 unspecified atom stereocenters. The number of amides is 1. The maximum atomic E-state index is 13.5. The van der Waals surface area contributed by atoms with Crippen molar-refractivity contribution < 1.29 is 18.7 Å². The molecule has 0 aliphatic carbocycles. The lowest BCUT2D eigenvalue weighted by atomic mass is 10.3. The van der Waals surface area contributed by atoms with Crippen molar-refractivity contribution in [2.75, 3.05) is 40.0 Å². The molecule has 0 heterocycles. The van der Waals surface area contributed by atoms with Crippen LogP contribution in [0.15, 0.2) is 22.7 Å². The van der Waals surface area contributed by atoms with E-state index in [4.69, 9.17) is 9.47 Å². The molecule has 0 aliphatic rings. The summed E-state index contributed by atoms with van der Waals surface area (Å²) in [6.07, 6.45) is 0.188. The highest BCUT2D eigenvalue weighted by atomic mass is 79.9. The summed E-state index contributed by atoms with van der Waals surface area (Å²) in [5, 5.41) is 5.86. The van der Waals surface area contributed by atoms with Crippen molar-refractivity contribution in [2.45, 2.75) is 6.42 Å². The quantitative estimate of drug-likeness (QED) is 0.622. The molecule has 0 aliphatic heterocycles. The molecule has 21 heavy (non-hydrogen) atoms. The van der Waals surface area contributed by atoms with Crippen LogP contribution in [-0.2, 0) is 9.53 Å². The van der Waals surface area contributed by atoms with Crippen LogP contribution in [0.2, 0.25) is 0 Å². The summed E-state index contributed by atoms with van der Waals surface area (Å²) in [5.41, 5.74) is 0. The molecule has 0 saturated carbocycles. The normalized spacial score (nSPS) is 10.4. The average molecular weight is 363 g/mol. The van der Waals surface area contributed by atoms with Crippen molar-refractivity contribution in [3.63, 3.8) is 0 Å². The molecule has 0 saturated heterocycles. The molecular formula is C14H20BrFN2O3. The Morgan fingerprint density at radius 1 is 1.29 bits per heavy atom. The van der Waals surface area contributed by atoms with Crippen LogP contribution in [-0.4, -0.2) is 45.9 Å². The zero-order chi connectivity index (χ0) is 15.5. The molecule has 1 rings (SSSR count). The number of carbonyl (C=O) groups excluding carboxylic acids is 1. The van der Waals surface area contributed by atoms with Crippen molar-refractivity contribution in [1.29, 1.82) is 0 Å². The van der Waals surface area contributed by atoms with E-state index in [-0.39, 0.29) is 24.7 Å². The van der Waals surface area contributed by atoms with Gasteiger partial charge in [-0.05, 0) is 18.2 Å². The van der Waals surface area contributed by atoms with Crippen LogP contribution in [0.25, 0.3) is 0 Å². The van der Waals surface area contributed by atoms with Gasteiger partial charge in [0, 0.05) is 31.2 Å². The molecule has 0 spiro atoms. The SMILES string of the molecule is COCCNCCNC(=O)CCOc1ccc(Br)cc1F. The Labute approximate surface area is 132 Å². The van der Waals surface area contributed by atoms with Gasteiger partial charge in [0.05, 0.1) is 19.6 Å². The van der Waals surface area contributed by atoms with E-state index in [0.29, 0.717) is 24.2 Å². The number of rotatable bonds is 10. The summed E-state index contributed by atoms with van der Waals surface area (Å²) in [6, 6.07) is 4.53. The second-order valence-corrected chi connectivity index (χ2v) is 5.18. The second kappa shape index (κ2) is 10.5. The summed E-state index contributed by atoms with van der Waals surface area (Å²) in [4.78, 5) is 11.5. The lowest BCUT2D eigenvalue weighted by molar-refractivity contribution is -0.121. The van der Waals surface area contributed by atoms with E-state index >= 15 is 0 Å². The van der Waals surface area contributed by atoms with Gasteiger partial charge < -0.3 is 20.1 Å². The van der Waals surface area contributed by atoms with E-state index in [2.05, 4.69) is 26.6 Å². The third-order valence-corrected chi connectivity index (χ3v) is 3.08. The zero-order valence-corrected chi connectivity index (χ0v) is 13.5. The third kappa shape index (κ3) is 7.99. The van der Waals surface area contributed by atoms with E-state index in [1.807, 2.05) is 0 Å². The maximum absolute atomic E-state index is 13.5. The van der Waals surface area contributed by atoms with E-state index in [1.165, 1.54) is 12.1 Å². The Balaban J connectivity index is 2.10. The predicted molar refractivity (Wildman–Crippen MR) is 82.0 cm³/mol. The topological polar surface area (TPSA) is 59.6 Å². The first kappa shape index (κ1) is 17.9. The van der Waals surface area contributed by atoms with Gasteiger partial charge in [-0.25, -0.2) is 4.39 Å². The second-order valence-electron chi connectivity index (χ2n) is 4.27. The minimum atomic E-state index is -0.452. The van der Waals surface area contributed by atoms with Gasteiger partial charge >= 0.3 is 0 Å². The smallest absolute Gasteiger partial charge is 0.223 e. The van der Waals surface area contributed by atoms with E-state index in [9.17, 15) is 9.18 Å². The molecular weight excluding hydrogens is 343 g/mol. The molecule has 1 amide bonds. The van der Waals surface area contributed by atoms with Crippen LogP contribution in [0, 0.1) is 5.82 Å². The highest BCUT2D eigenvalue weighted by Gasteiger charge is 2.05. The molecule has 0 fully saturated rings. The van der Waals surface area contributed by atoms with E-state index < -0.39 is 5.82 Å². The average Bonchev–Trinajstić information content (AvgIpc) is 2.45. The summed E-state index contributed by atoms with van der Waals surface area (Å²) >= 11 is 3.17. The lowest BCUT2D eigenvalue weighted by Crippen LogP contribution is -2.33. The molecule has 0 aromatic heterocycles. The van der Waals surface area contributed by atoms with E-state index in [1.54, 1.807) is 13.2 Å². The highest BCUT2D eigenvalue weighted by molar-refractivity contribution is 9.10. The molecule has 1 aromatic rings. The van der Waals surface area contributed by atoms with Crippen molar-refractivity contribution in [1.82, 2.24) is 10.6 Å². The Bertz CT molecular complexity index is 446. The van der Waals surface area contributed by atoms with Crippen LogP contribution in [0.4, 0.5) is 4.39 Å². The van der Waals surface area contributed by atoms with Gasteiger partial charge in [-0.1, -0.05) is 15.9 Å². The fourth-order valence-corrected chi connectivity index (χ4v) is 1.86. The van der Waals surface area contributed by atoms with Crippen LogP contribution in [0.1, 0.15) is 6.42 Å². The van der Waals surface area contributed by atoms with Gasteiger partial charge in [-0.15, -0.1) is 0 Å². The van der Waals surface area contributed by atoms with Gasteiger partial charge in [0.2, 0.25) is 5.91 Å². The first-order chi connectivity index (χ1) is 10.1. The van der Waals surface area contributed by atoms with Crippen molar-refractivity contribution in [3.8, 4) is 5.75 Å². The zero-order valence-electron chi connectivity index (χ0n) is 12.0. The van der Waals surface area contributed by atoms with Crippen LogP contribution in [0.5, 0.6) is 5.75 Å². The number of hydrogen-bond acceptors (Lipinski definition) is 4. The van der Waals surface area contributed by atoms with Gasteiger partial charge in [-0.3, -0.25) is 4.79 Å². The molecule has 0 radical (unpaired) electrons. The largest absolute Gasteiger partial charge is 0.490 e. The number of nitrogens with one attached hydrogen (secondary N) is 2. The van der Waals surface area contributed by atoms with Crippen LogP contribution >= 0.6 is 15.9 Å². The minimum Gasteiger partial charge on any atom is -0.490 e. The molecule has 1 aromatic carbocycles. The monoisotopic (exact) mass is 362 g/mol. The molecule has 2 N–H and O–H groups in total. The first-order valence-corrected chi connectivity index (χ1v) is 7.47. The summed E-state index contributed by atoms with van der Waals surface area (Å²) in [5.74, 6) is -0.430. The number of carbonyl (C=O) groups is 1. The number of ether oxygens (including phenoxy) is 2. The molecule has 0 atom stereocenters. The number of methoxy groups -OCH3 is 1. The number of halogens is 2. The Kier molecular flexibility index (Phi) is 8.96. The molecule has 0 bridgehead atoms. The van der Waals surface area contributed by atoms with Gasteiger partial charge in [0.25, 0.3) is 0 Å². The van der Waals surface area contributed by atoms with E-state index in [0.717, 1.165) is 6.54 Å². The van der Waals surface area contributed by atoms with Crippen LogP contribution in [0.3, 0.4) is 0 Å². The molecule has 118 valence electrons. The van der Waals surface area contributed by atoms with Crippen molar-refractivity contribution in [2.24, 2.45) is 0 Å². The van der Waals surface area contributed by atoms with Crippen LogP contribution < -0.4 is 15.4 Å². The Morgan fingerprint density at radius 2 is 2.10 bits per heavy atom. The Morgan fingerprint density at radius 3 is 2.81 bits per heavy atom.